The molecule has 0 atom stereocenters. The molecule has 0 aliphatic rings. The number of rotatable bonds is 7. The van der Waals surface area contributed by atoms with Crippen LogP contribution in [0.4, 0.5) is 0 Å². The number of aromatic nitrogens is 2. The third-order valence-electron chi connectivity index (χ3n) is 3.46. The predicted molar refractivity (Wildman–Crippen MR) is 90.1 cm³/mol. The van der Waals surface area contributed by atoms with Crippen LogP contribution in [0.5, 0.6) is 11.5 Å². The van der Waals surface area contributed by atoms with Gasteiger partial charge in [-0.15, -0.1) is 10.2 Å². The molecule has 0 unspecified atom stereocenters. The second-order valence-electron chi connectivity index (χ2n) is 5.19. The van der Waals surface area contributed by atoms with Gasteiger partial charge in [0.05, 0.1) is 7.11 Å². The minimum Gasteiger partial charge on any atom is -0.497 e. The van der Waals surface area contributed by atoms with Crippen molar-refractivity contribution < 1.29 is 18.7 Å². The van der Waals surface area contributed by atoms with Crippen LogP contribution in [0.2, 0.25) is 0 Å². The van der Waals surface area contributed by atoms with E-state index in [4.69, 9.17) is 13.9 Å². The number of nitrogens with zero attached hydrogens (tertiary/aromatic N) is 2. The monoisotopic (exact) mass is 339 g/mol. The fourth-order valence-corrected chi connectivity index (χ4v) is 2.18. The Labute approximate surface area is 144 Å². The van der Waals surface area contributed by atoms with Crippen molar-refractivity contribution in [3.05, 3.63) is 60.5 Å². The number of hydrogen-bond acceptors (Lipinski definition) is 6. The molecule has 1 amide bonds. The highest BCUT2D eigenvalue weighted by atomic mass is 16.5. The second kappa shape index (κ2) is 7.96. The Morgan fingerprint density at radius 3 is 2.72 bits per heavy atom. The van der Waals surface area contributed by atoms with Crippen LogP contribution in [-0.2, 0) is 11.3 Å². The van der Waals surface area contributed by atoms with E-state index in [1.165, 1.54) is 6.39 Å². The van der Waals surface area contributed by atoms with Crippen LogP contribution in [0.25, 0.3) is 11.5 Å². The van der Waals surface area contributed by atoms with Gasteiger partial charge in [0.25, 0.3) is 5.91 Å². The molecular weight excluding hydrogens is 322 g/mol. The lowest BCUT2D eigenvalue weighted by atomic mass is 10.2. The van der Waals surface area contributed by atoms with Gasteiger partial charge in [-0.2, -0.15) is 0 Å². The summed E-state index contributed by atoms with van der Waals surface area (Å²) in [5.41, 5.74) is 1.74. The largest absolute Gasteiger partial charge is 0.497 e. The number of carbonyl (C=O) groups excluding carboxylic acids is 1. The van der Waals surface area contributed by atoms with Crippen molar-refractivity contribution in [2.45, 2.75) is 6.54 Å². The zero-order chi connectivity index (χ0) is 17.5. The van der Waals surface area contributed by atoms with Gasteiger partial charge in [-0.25, -0.2) is 0 Å². The third-order valence-corrected chi connectivity index (χ3v) is 3.46. The van der Waals surface area contributed by atoms with Crippen LogP contribution >= 0.6 is 0 Å². The summed E-state index contributed by atoms with van der Waals surface area (Å²) >= 11 is 0. The summed E-state index contributed by atoms with van der Waals surface area (Å²) in [6.45, 7) is 0.347. The fraction of sp³-hybridized carbons (Fsp3) is 0.167. The molecule has 0 saturated carbocycles. The van der Waals surface area contributed by atoms with Crippen molar-refractivity contribution >= 4 is 5.91 Å². The van der Waals surface area contributed by atoms with Crippen LogP contribution < -0.4 is 14.8 Å². The number of ether oxygens (including phenoxy) is 2. The van der Waals surface area contributed by atoms with E-state index < -0.39 is 0 Å². The van der Waals surface area contributed by atoms with Crippen molar-refractivity contribution in [1.29, 1.82) is 0 Å². The van der Waals surface area contributed by atoms with Gasteiger partial charge in [-0.3, -0.25) is 4.79 Å². The predicted octanol–water partition coefficient (Wildman–Crippen LogP) is 2.44. The van der Waals surface area contributed by atoms with E-state index in [2.05, 4.69) is 15.5 Å². The molecule has 0 spiro atoms. The van der Waals surface area contributed by atoms with Gasteiger partial charge in [-0.05, 0) is 42.0 Å². The average Bonchev–Trinajstić information content (AvgIpc) is 3.20. The van der Waals surface area contributed by atoms with E-state index in [-0.39, 0.29) is 12.5 Å². The first-order valence-corrected chi connectivity index (χ1v) is 7.63. The Hall–Kier alpha value is -3.35. The van der Waals surface area contributed by atoms with E-state index in [9.17, 15) is 4.79 Å². The topological polar surface area (TPSA) is 86.5 Å². The van der Waals surface area contributed by atoms with Crippen LogP contribution in [0.1, 0.15) is 5.56 Å². The normalized spacial score (nSPS) is 10.3. The van der Waals surface area contributed by atoms with Crippen LogP contribution in [-0.4, -0.2) is 29.8 Å². The molecule has 1 heterocycles. The van der Waals surface area contributed by atoms with Crippen molar-refractivity contribution in [2.24, 2.45) is 0 Å². The molecule has 0 bridgehead atoms. The van der Waals surface area contributed by atoms with Gasteiger partial charge in [0.2, 0.25) is 12.3 Å². The van der Waals surface area contributed by atoms with Gasteiger partial charge in [-0.1, -0.05) is 12.1 Å². The molecule has 0 aliphatic heterocycles. The van der Waals surface area contributed by atoms with Crippen LogP contribution in [0.3, 0.4) is 0 Å². The zero-order valence-electron chi connectivity index (χ0n) is 13.6. The van der Waals surface area contributed by atoms with Gasteiger partial charge >= 0.3 is 0 Å². The third kappa shape index (κ3) is 4.57. The lowest BCUT2D eigenvalue weighted by Gasteiger charge is -2.08. The van der Waals surface area contributed by atoms with Gasteiger partial charge in [0, 0.05) is 12.1 Å². The lowest BCUT2D eigenvalue weighted by molar-refractivity contribution is -0.123. The lowest BCUT2D eigenvalue weighted by Crippen LogP contribution is -2.28. The SMILES string of the molecule is COc1cccc(CNC(=O)COc2ccc(-c3nnco3)cc2)c1. The highest BCUT2D eigenvalue weighted by molar-refractivity contribution is 5.77. The van der Waals surface area contributed by atoms with Crippen molar-refractivity contribution in [2.75, 3.05) is 13.7 Å². The van der Waals surface area contributed by atoms with E-state index in [0.717, 1.165) is 16.9 Å². The smallest absolute Gasteiger partial charge is 0.258 e. The first-order valence-electron chi connectivity index (χ1n) is 7.63. The van der Waals surface area contributed by atoms with Gasteiger partial charge < -0.3 is 19.2 Å². The van der Waals surface area contributed by atoms with Crippen molar-refractivity contribution in [3.63, 3.8) is 0 Å². The van der Waals surface area contributed by atoms with E-state index in [0.29, 0.717) is 18.2 Å². The van der Waals surface area contributed by atoms with E-state index in [1.807, 2.05) is 24.3 Å². The maximum atomic E-state index is 11.9. The molecule has 1 aromatic heterocycles. The summed E-state index contributed by atoms with van der Waals surface area (Å²) in [6.07, 6.45) is 1.27. The maximum absolute atomic E-state index is 11.9. The number of benzene rings is 2. The minimum absolute atomic E-state index is 0.0656. The molecule has 0 saturated heterocycles. The summed E-state index contributed by atoms with van der Waals surface area (Å²) in [6, 6.07) is 14.6. The number of hydrogen-bond donors (Lipinski definition) is 1. The summed E-state index contributed by atoms with van der Waals surface area (Å²) in [5, 5.41) is 10.3. The van der Waals surface area contributed by atoms with Gasteiger partial charge in [0.1, 0.15) is 11.5 Å². The quantitative estimate of drug-likeness (QED) is 0.711. The molecule has 25 heavy (non-hydrogen) atoms. The average molecular weight is 339 g/mol. The fourth-order valence-electron chi connectivity index (χ4n) is 2.18. The molecule has 3 aromatic rings. The number of carbonyl (C=O) groups is 1. The van der Waals surface area contributed by atoms with E-state index >= 15 is 0 Å². The first-order chi connectivity index (χ1) is 12.2. The molecule has 7 nitrogen and oxygen atoms in total. The molecular formula is C18H17N3O4. The van der Waals surface area contributed by atoms with E-state index in [1.54, 1.807) is 31.4 Å². The van der Waals surface area contributed by atoms with Crippen molar-refractivity contribution in [3.8, 4) is 23.0 Å². The highest BCUT2D eigenvalue weighted by Gasteiger charge is 2.06. The Bertz CT molecular complexity index is 817. The minimum atomic E-state index is -0.205. The summed E-state index contributed by atoms with van der Waals surface area (Å²) in [7, 11) is 1.61. The molecule has 7 heteroatoms. The van der Waals surface area contributed by atoms with Crippen molar-refractivity contribution in [1.82, 2.24) is 15.5 Å². The molecule has 1 N–H and O–H groups in total. The first kappa shape index (κ1) is 16.5. The second-order valence-corrected chi connectivity index (χ2v) is 5.19. The molecule has 0 fully saturated rings. The molecule has 3 rings (SSSR count). The zero-order valence-corrected chi connectivity index (χ0v) is 13.6. The van der Waals surface area contributed by atoms with Crippen LogP contribution in [0, 0.1) is 0 Å². The number of amides is 1. The molecule has 0 radical (unpaired) electrons. The molecule has 0 aliphatic carbocycles. The number of nitrogens with one attached hydrogen (secondary N) is 1. The Balaban J connectivity index is 1.47. The molecule has 2 aromatic carbocycles. The highest BCUT2D eigenvalue weighted by Crippen LogP contribution is 2.20. The van der Waals surface area contributed by atoms with Crippen LogP contribution in [0.15, 0.2) is 59.3 Å². The Kier molecular flexibility index (Phi) is 5.26. The standard InChI is InChI=1S/C18H17N3O4/c1-23-16-4-2-3-13(9-16)10-19-17(22)11-24-15-7-5-14(6-8-15)18-21-20-12-25-18/h2-9,12H,10-11H2,1H3,(H,19,22). The Morgan fingerprint density at radius 2 is 2.00 bits per heavy atom. The number of methoxy groups -OCH3 is 1. The summed E-state index contributed by atoms with van der Waals surface area (Å²) < 4.78 is 15.7. The summed E-state index contributed by atoms with van der Waals surface area (Å²) in [5.74, 6) is 1.57. The summed E-state index contributed by atoms with van der Waals surface area (Å²) in [4.78, 5) is 11.9. The van der Waals surface area contributed by atoms with Gasteiger partial charge in [0.15, 0.2) is 6.61 Å². The molecule has 128 valence electrons. The Morgan fingerprint density at radius 1 is 1.16 bits per heavy atom. The maximum Gasteiger partial charge on any atom is 0.258 e.